The van der Waals surface area contributed by atoms with E-state index in [1.165, 1.54) is 0 Å². The fourth-order valence-corrected chi connectivity index (χ4v) is 4.67. The number of rotatable bonds is 4. The number of anilines is 2. The van der Waals surface area contributed by atoms with Crippen LogP contribution in [-0.2, 0) is 0 Å². The van der Waals surface area contributed by atoms with Crippen molar-refractivity contribution in [3.8, 4) is 23.7 Å². The Morgan fingerprint density at radius 1 is 0.523 bits per heavy atom. The number of nitrogens with zero attached hydrogens (tertiary/aromatic N) is 3. The molecule has 7 nitrogen and oxygen atoms in total. The first-order valence-electron chi connectivity index (χ1n) is 13.9. The van der Waals surface area contributed by atoms with Gasteiger partial charge >= 0.3 is 0 Å². The van der Waals surface area contributed by atoms with Crippen molar-refractivity contribution in [3.05, 3.63) is 147 Å². The van der Waals surface area contributed by atoms with Crippen LogP contribution in [0.1, 0.15) is 65.5 Å². The van der Waals surface area contributed by atoms with Gasteiger partial charge in [0, 0.05) is 58.4 Å². The van der Waals surface area contributed by atoms with Gasteiger partial charge < -0.3 is 10.6 Å². The number of carbonyl (C=O) groups is 2. The largest absolute Gasteiger partial charge is 0.320 e. The van der Waals surface area contributed by atoms with Gasteiger partial charge in [0.05, 0.1) is 0 Å². The molecular formula is C37H29N5O2. The minimum atomic E-state index is -0.411. The van der Waals surface area contributed by atoms with E-state index in [0.717, 1.165) is 44.5 Å². The van der Waals surface area contributed by atoms with Crippen molar-refractivity contribution in [2.24, 2.45) is 0 Å². The predicted molar refractivity (Wildman–Crippen MR) is 172 cm³/mol. The lowest BCUT2D eigenvalue weighted by Crippen LogP contribution is -2.20. The number of hydrogen-bond donors (Lipinski definition) is 2. The fraction of sp³-hybridized carbons (Fsp3) is 0.108. The molecule has 0 saturated carbocycles. The fourth-order valence-electron chi connectivity index (χ4n) is 4.67. The Hall–Kier alpha value is -6.05. The molecule has 0 aliphatic heterocycles. The molecule has 214 valence electrons. The average Bonchev–Trinajstić information content (AvgIpc) is 3.03. The molecule has 0 spiro atoms. The van der Waals surface area contributed by atoms with Gasteiger partial charge in [0.25, 0.3) is 11.8 Å². The number of aromatic nitrogens is 3. The van der Waals surface area contributed by atoms with Crippen molar-refractivity contribution in [1.29, 1.82) is 0 Å². The average molecular weight is 576 g/mol. The summed E-state index contributed by atoms with van der Waals surface area (Å²) in [5.41, 5.74) is 8.51. The van der Waals surface area contributed by atoms with Crippen molar-refractivity contribution in [2.75, 3.05) is 10.6 Å². The number of amides is 2. The lowest BCUT2D eigenvalue weighted by Gasteiger charge is -2.14. The number of benzene rings is 2. The van der Waals surface area contributed by atoms with E-state index in [-0.39, 0.29) is 11.4 Å². The van der Waals surface area contributed by atoms with Crippen LogP contribution in [0.25, 0.3) is 0 Å². The molecule has 3 aromatic heterocycles. The Bertz CT molecular complexity index is 1810. The van der Waals surface area contributed by atoms with Crippen LogP contribution in [0.4, 0.5) is 11.4 Å². The van der Waals surface area contributed by atoms with E-state index >= 15 is 0 Å². The highest BCUT2D eigenvalue weighted by molar-refractivity contribution is 6.07. The van der Waals surface area contributed by atoms with E-state index in [2.05, 4.69) is 49.3 Å². The van der Waals surface area contributed by atoms with Gasteiger partial charge in [-0.3, -0.25) is 19.6 Å². The summed E-state index contributed by atoms with van der Waals surface area (Å²) in [6.45, 7) is 7.66. The van der Waals surface area contributed by atoms with Gasteiger partial charge in [-0.15, -0.1) is 0 Å². The van der Waals surface area contributed by atoms with Crippen LogP contribution in [0.3, 0.4) is 0 Å². The van der Waals surface area contributed by atoms with E-state index in [0.29, 0.717) is 11.4 Å². The van der Waals surface area contributed by atoms with Crippen molar-refractivity contribution >= 4 is 23.2 Å². The minimum absolute atomic E-state index is 0.133. The summed E-state index contributed by atoms with van der Waals surface area (Å²) in [4.78, 5) is 38.8. The van der Waals surface area contributed by atoms with Gasteiger partial charge in [-0.1, -0.05) is 29.7 Å². The van der Waals surface area contributed by atoms with Gasteiger partial charge in [0.1, 0.15) is 11.4 Å². The molecule has 5 aromatic rings. The molecule has 0 aliphatic rings. The quantitative estimate of drug-likeness (QED) is 0.242. The van der Waals surface area contributed by atoms with Gasteiger partial charge in [-0.25, -0.2) is 4.98 Å². The van der Waals surface area contributed by atoms with Crippen LogP contribution in [-0.4, -0.2) is 26.8 Å². The third-order valence-corrected chi connectivity index (χ3v) is 6.82. The highest BCUT2D eigenvalue weighted by atomic mass is 16.2. The van der Waals surface area contributed by atoms with E-state index in [1.807, 2.05) is 76.2 Å². The standard InChI is InChI=1S/C37H29N5O2/c1-24-20-30(10-8-28-12-16-38-17-13-28)21-25(2)34(24)41-36(43)32-6-5-7-33(40-32)37(44)42-35-26(3)22-31(23-27(35)4)11-9-29-14-18-39-19-15-29/h5-7,12-23H,1-4H3,(H,41,43)(H,42,44). The Morgan fingerprint density at radius 3 is 1.23 bits per heavy atom. The zero-order valence-electron chi connectivity index (χ0n) is 24.8. The molecule has 0 saturated heterocycles. The second-order valence-corrected chi connectivity index (χ2v) is 10.3. The van der Waals surface area contributed by atoms with Crippen LogP contribution < -0.4 is 10.6 Å². The number of hydrogen-bond acceptors (Lipinski definition) is 5. The third kappa shape index (κ3) is 7.23. The van der Waals surface area contributed by atoms with Crippen molar-refractivity contribution in [1.82, 2.24) is 15.0 Å². The van der Waals surface area contributed by atoms with Gasteiger partial charge in [0.2, 0.25) is 0 Å². The van der Waals surface area contributed by atoms with Crippen LogP contribution >= 0.6 is 0 Å². The van der Waals surface area contributed by atoms with Crippen LogP contribution in [0, 0.1) is 51.4 Å². The molecule has 0 radical (unpaired) electrons. The number of pyridine rings is 3. The second kappa shape index (κ2) is 13.3. The van der Waals surface area contributed by atoms with E-state index in [9.17, 15) is 9.59 Å². The molecule has 0 fully saturated rings. The molecule has 0 unspecified atom stereocenters. The van der Waals surface area contributed by atoms with E-state index in [1.54, 1.807) is 43.0 Å². The maximum atomic E-state index is 13.2. The Morgan fingerprint density at radius 2 is 0.864 bits per heavy atom. The van der Waals surface area contributed by atoms with E-state index < -0.39 is 11.8 Å². The SMILES string of the molecule is Cc1cc(C#Cc2ccncc2)cc(C)c1NC(=O)c1cccc(C(=O)Nc2c(C)cc(C#Cc3ccncc3)cc2C)n1. The summed E-state index contributed by atoms with van der Waals surface area (Å²) in [6, 6.07) is 19.9. The van der Waals surface area contributed by atoms with Crippen molar-refractivity contribution in [3.63, 3.8) is 0 Å². The Kier molecular flexibility index (Phi) is 8.89. The second-order valence-electron chi connectivity index (χ2n) is 10.3. The summed E-state index contributed by atoms with van der Waals surface area (Å²) in [7, 11) is 0. The first-order chi connectivity index (χ1) is 21.3. The lowest BCUT2D eigenvalue weighted by atomic mass is 10.0. The lowest BCUT2D eigenvalue weighted by molar-refractivity contribution is 0.101. The molecule has 0 atom stereocenters. The van der Waals surface area contributed by atoms with Crippen LogP contribution in [0.5, 0.6) is 0 Å². The number of aryl methyl sites for hydroxylation is 4. The van der Waals surface area contributed by atoms with Gasteiger partial charge in [-0.05, 0) is 111 Å². The smallest absolute Gasteiger partial charge is 0.274 e. The van der Waals surface area contributed by atoms with Gasteiger partial charge in [-0.2, -0.15) is 0 Å². The van der Waals surface area contributed by atoms with Crippen molar-refractivity contribution < 1.29 is 9.59 Å². The maximum Gasteiger partial charge on any atom is 0.274 e. The van der Waals surface area contributed by atoms with E-state index in [4.69, 9.17) is 0 Å². The number of carbonyl (C=O) groups excluding carboxylic acids is 2. The topological polar surface area (TPSA) is 96.9 Å². The number of nitrogens with one attached hydrogen (secondary N) is 2. The summed E-state index contributed by atoms with van der Waals surface area (Å²) >= 11 is 0. The summed E-state index contributed by atoms with van der Waals surface area (Å²) in [6.07, 6.45) is 6.81. The Labute approximate surface area is 256 Å². The first-order valence-corrected chi connectivity index (χ1v) is 13.9. The molecule has 2 N–H and O–H groups in total. The van der Waals surface area contributed by atoms with Crippen LogP contribution in [0.2, 0.25) is 0 Å². The zero-order chi connectivity index (χ0) is 31.1. The van der Waals surface area contributed by atoms with Gasteiger partial charge in [0.15, 0.2) is 0 Å². The summed E-state index contributed by atoms with van der Waals surface area (Å²) in [5, 5.41) is 5.91. The molecular weight excluding hydrogens is 546 g/mol. The monoisotopic (exact) mass is 575 g/mol. The highest BCUT2D eigenvalue weighted by Crippen LogP contribution is 2.24. The Balaban J connectivity index is 1.29. The first kappa shape index (κ1) is 29.4. The highest BCUT2D eigenvalue weighted by Gasteiger charge is 2.16. The third-order valence-electron chi connectivity index (χ3n) is 6.82. The molecule has 0 bridgehead atoms. The molecule has 44 heavy (non-hydrogen) atoms. The molecule has 5 rings (SSSR count). The molecule has 0 aliphatic carbocycles. The molecule has 7 heteroatoms. The maximum absolute atomic E-state index is 13.2. The molecule has 2 aromatic carbocycles. The van der Waals surface area contributed by atoms with Crippen LogP contribution in [0.15, 0.2) is 91.5 Å². The molecule has 3 heterocycles. The van der Waals surface area contributed by atoms with Crippen molar-refractivity contribution in [2.45, 2.75) is 27.7 Å². The summed E-state index contributed by atoms with van der Waals surface area (Å²) < 4.78 is 0. The zero-order valence-corrected chi connectivity index (χ0v) is 24.8. The molecule has 2 amide bonds. The normalized spacial score (nSPS) is 10.1. The summed E-state index contributed by atoms with van der Waals surface area (Å²) in [5.74, 6) is 11.8. The predicted octanol–water partition coefficient (Wildman–Crippen LogP) is 6.41. The minimum Gasteiger partial charge on any atom is -0.320 e.